The molecular weight excluding hydrogens is 392 g/mol. The number of carbonyl (C=O) groups excluding carboxylic acids is 1. The number of ether oxygens (including phenoxy) is 1. The minimum absolute atomic E-state index is 0.0629. The van der Waals surface area contributed by atoms with Crippen molar-refractivity contribution in [2.45, 2.75) is 57.7 Å². The first-order valence-electron chi connectivity index (χ1n) is 11.1. The van der Waals surface area contributed by atoms with E-state index in [1.165, 1.54) is 18.4 Å². The van der Waals surface area contributed by atoms with Crippen LogP contribution in [0.1, 0.15) is 49.9 Å². The van der Waals surface area contributed by atoms with Crippen molar-refractivity contribution in [2.24, 2.45) is 0 Å². The molecule has 0 unspecified atom stereocenters. The van der Waals surface area contributed by atoms with Gasteiger partial charge in [0.1, 0.15) is 11.6 Å². The molecule has 0 atom stereocenters. The highest BCUT2D eigenvalue weighted by molar-refractivity contribution is 5.80. The summed E-state index contributed by atoms with van der Waals surface area (Å²) in [6.45, 7) is 1.63. The van der Waals surface area contributed by atoms with E-state index in [-0.39, 0.29) is 6.03 Å². The van der Waals surface area contributed by atoms with Gasteiger partial charge in [-0.25, -0.2) is 20.2 Å². The molecule has 2 amide bonds. The van der Waals surface area contributed by atoms with Gasteiger partial charge in [-0.2, -0.15) is 0 Å². The summed E-state index contributed by atoms with van der Waals surface area (Å²) in [6.07, 6.45) is 11.0. The highest BCUT2D eigenvalue weighted by atomic mass is 16.5. The van der Waals surface area contributed by atoms with Crippen LogP contribution in [0.5, 0.6) is 5.75 Å². The summed E-state index contributed by atoms with van der Waals surface area (Å²) in [7, 11) is 0. The van der Waals surface area contributed by atoms with Gasteiger partial charge in [-0.1, -0.05) is 6.07 Å². The lowest BCUT2D eigenvalue weighted by Crippen LogP contribution is -2.28. The third kappa shape index (κ3) is 5.14. The predicted molar refractivity (Wildman–Crippen MR) is 117 cm³/mol. The molecule has 8 nitrogen and oxygen atoms in total. The molecule has 31 heavy (non-hydrogen) atoms. The van der Waals surface area contributed by atoms with Gasteiger partial charge in [-0.15, -0.1) is 0 Å². The zero-order chi connectivity index (χ0) is 21.0. The first-order chi connectivity index (χ1) is 15.2. The highest BCUT2D eigenvalue weighted by Gasteiger charge is 2.30. The first kappa shape index (κ1) is 19.8. The molecule has 3 fully saturated rings. The zero-order valence-electron chi connectivity index (χ0n) is 17.6. The normalized spacial score (nSPS) is 18.5. The van der Waals surface area contributed by atoms with Crippen LogP contribution in [0.15, 0.2) is 47.9 Å². The number of allylic oxidation sites excluding steroid dienone is 1. The molecule has 2 aliphatic carbocycles. The van der Waals surface area contributed by atoms with Crippen LogP contribution in [0.3, 0.4) is 0 Å². The van der Waals surface area contributed by atoms with E-state index >= 15 is 0 Å². The number of hydrazine groups is 1. The number of hydrogen-bond acceptors (Lipinski definition) is 6. The Morgan fingerprint density at radius 1 is 1.16 bits per heavy atom. The van der Waals surface area contributed by atoms with Gasteiger partial charge in [0.2, 0.25) is 0 Å². The number of benzene rings is 1. The van der Waals surface area contributed by atoms with Gasteiger partial charge in [-0.05, 0) is 56.2 Å². The predicted octanol–water partition coefficient (Wildman–Crippen LogP) is 3.49. The maximum absolute atomic E-state index is 12.1. The van der Waals surface area contributed by atoms with Gasteiger partial charge in [0.15, 0.2) is 0 Å². The van der Waals surface area contributed by atoms with Crippen LogP contribution < -0.4 is 20.9 Å². The Balaban J connectivity index is 1.09. The number of aromatic nitrogens is 2. The molecule has 0 bridgehead atoms. The Hall–Kier alpha value is -3.13. The van der Waals surface area contributed by atoms with Crippen molar-refractivity contribution in [1.29, 1.82) is 0 Å². The van der Waals surface area contributed by atoms with E-state index in [0.29, 0.717) is 31.6 Å². The van der Waals surface area contributed by atoms with Crippen molar-refractivity contribution in [1.82, 2.24) is 25.6 Å². The largest absolute Gasteiger partial charge is 0.490 e. The second kappa shape index (κ2) is 8.93. The average Bonchev–Trinajstić information content (AvgIpc) is 3.39. The SMILES string of the molecule is O=C1NC(=C2CC2)CN1Cc1ncc(CNNc2cccc(OC3CCCC3)c2)cn1. The van der Waals surface area contributed by atoms with Crippen molar-refractivity contribution in [3.05, 3.63) is 59.3 Å². The van der Waals surface area contributed by atoms with E-state index in [2.05, 4.69) is 26.1 Å². The van der Waals surface area contributed by atoms with E-state index in [0.717, 1.165) is 48.4 Å². The lowest BCUT2D eigenvalue weighted by molar-refractivity contribution is 0.210. The molecule has 5 rings (SSSR count). The molecule has 1 saturated heterocycles. The van der Waals surface area contributed by atoms with Crippen molar-refractivity contribution in [3.8, 4) is 5.75 Å². The lowest BCUT2D eigenvalue weighted by Gasteiger charge is -2.15. The van der Waals surface area contributed by atoms with Gasteiger partial charge < -0.3 is 20.4 Å². The van der Waals surface area contributed by atoms with Gasteiger partial charge in [-0.3, -0.25) is 0 Å². The van der Waals surface area contributed by atoms with Gasteiger partial charge in [0.05, 0.1) is 24.9 Å². The Bertz CT molecular complexity index is 962. The van der Waals surface area contributed by atoms with Crippen molar-refractivity contribution >= 4 is 11.7 Å². The minimum atomic E-state index is -0.0629. The molecule has 1 aliphatic heterocycles. The third-order valence-corrected chi connectivity index (χ3v) is 5.88. The fourth-order valence-electron chi connectivity index (χ4n) is 4.02. The second-order valence-corrected chi connectivity index (χ2v) is 8.41. The molecule has 3 aliphatic rings. The molecule has 2 heterocycles. The summed E-state index contributed by atoms with van der Waals surface area (Å²) in [5.74, 6) is 1.54. The van der Waals surface area contributed by atoms with E-state index in [9.17, 15) is 4.79 Å². The van der Waals surface area contributed by atoms with E-state index in [1.54, 1.807) is 17.3 Å². The summed E-state index contributed by atoms with van der Waals surface area (Å²) in [6, 6.07) is 7.94. The number of urea groups is 1. The summed E-state index contributed by atoms with van der Waals surface area (Å²) >= 11 is 0. The van der Waals surface area contributed by atoms with Crippen LogP contribution in [0.4, 0.5) is 10.5 Å². The van der Waals surface area contributed by atoms with Crippen molar-refractivity contribution in [3.63, 3.8) is 0 Å². The Kier molecular flexibility index (Phi) is 5.71. The number of hydrogen-bond donors (Lipinski definition) is 3. The number of rotatable bonds is 8. The lowest BCUT2D eigenvalue weighted by atomic mass is 10.3. The molecule has 0 spiro atoms. The second-order valence-electron chi connectivity index (χ2n) is 8.41. The molecule has 8 heteroatoms. The van der Waals surface area contributed by atoms with Crippen LogP contribution in [-0.2, 0) is 13.1 Å². The summed E-state index contributed by atoms with van der Waals surface area (Å²) in [4.78, 5) is 22.7. The Morgan fingerprint density at radius 3 is 2.74 bits per heavy atom. The smallest absolute Gasteiger partial charge is 0.322 e. The van der Waals surface area contributed by atoms with Crippen LogP contribution >= 0.6 is 0 Å². The average molecular weight is 421 g/mol. The van der Waals surface area contributed by atoms with Gasteiger partial charge in [0.25, 0.3) is 0 Å². The number of anilines is 1. The number of nitrogens with one attached hydrogen (secondary N) is 3. The highest BCUT2D eigenvalue weighted by Crippen LogP contribution is 2.32. The van der Waals surface area contributed by atoms with Crippen LogP contribution in [0.25, 0.3) is 0 Å². The van der Waals surface area contributed by atoms with Crippen LogP contribution in [-0.4, -0.2) is 33.5 Å². The Labute approximate surface area is 182 Å². The third-order valence-electron chi connectivity index (χ3n) is 5.88. The molecular formula is C23H28N6O2. The fourth-order valence-corrected chi connectivity index (χ4v) is 4.02. The van der Waals surface area contributed by atoms with Gasteiger partial charge >= 0.3 is 6.03 Å². The molecule has 2 aromatic rings. The van der Waals surface area contributed by atoms with Crippen LogP contribution in [0, 0.1) is 0 Å². The van der Waals surface area contributed by atoms with Gasteiger partial charge in [0, 0.05) is 36.3 Å². The summed E-state index contributed by atoms with van der Waals surface area (Å²) < 4.78 is 6.06. The molecule has 1 aromatic heterocycles. The molecule has 0 radical (unpaired) electrons. The maximum Gasteiger partial charge on any atom is 0.322 e. The minimum Gasteiger partial charge on any atom is -0.490 e. The quantitative estimate of drug-likeness (QED) is 0.567. The van der Waals surface area contributed by atoms with Crippen molar-refractivity contribution < 1.29 is 9.53 Å². The molecule has 1 aromatic carbocycles. The van der Waals surface area contributed by atoms with E-state index in [1.807, 2.05) is 24.3 Å². The summed E-state index contributed by atoms with van der Waals surface area (Å²) in [5, 5.41) is 2.95. The topological polar surface area (TPSA) is 91.4 Å². The molecule has 3 N–H and O–H groups in total. The summed E-state index contributed by atoms with van der Waals surface area (Å²) in [5.41, 5.74) is 10.7. The first-order valence-corrected chi connectivity index (χ1v) is 11.1. The van der Waals surface area contributed by atoms with E-state index < -0.39 is 0 Å². The van der Waals surface area contributed by atoms with E-state index in [4.69, 9.17) is 4.74 Å². The molecule has 162 valence electrons. The standard InChI is InChI=1S/C23H28N6O2/c30-23-27-21(17-8-9-17)14-29(23)15-22-24-11-16(12-25-22)13-26-28-18-4-3-7-20(10-18)31-19-5-1-2-6-19/h3-4,7,10-12,19,26,28H,1-2,5-6,8-9,13-15H2,(H,27,30). The number of carbonyl (C=O) groups is 1. The van der Waals surface area contributed by atoms with Crippen molar-refractivity contribution in [2.75, 3.05) is 12.0 Å². The monoisotopic (exact) mass is 420 g/mol. The molecule has 2 saturated carbocycles. The zero-order valence-corrected chi connectivity index (χ0v) is 17.6. The number of amides is 2. The fraction of sp³-hybridized carbons (Fsp3) is 0.435. The van der Waals surface area contributed by atoms with Crippen LogP contribution in [0.2, 0.25) is 0 Å². The number of nitrogens with zero attached hydrogens (tertiary/aromatic N) is 3. The Morgan fingerprint density at radius 2 is 1.97 bits per heavy atom. The maximum atomic E-state index is 12.1.